The topological polar surface area (TPSA) is 156 Å². The third-order valence-corrected chi connectivity index (χ3v) is 3.70. The highest BCUT2D eigenvalue weighted by atomic mass is 16.2. The molecule has 0 atom stereocenters. The molecule has 0 heterocycles. The molecule has 0 bridgehead atoms. The summed E-state index contributed by atoms with van der Waals surface area (Å²) in [6, 6.07) is 17.1. The molecule has 0 aliphatic rings. The van der Waals surface area contributed by atoms with E-state index in [1.807, 2.05) is 0 Å². The Morgan fingerprint density at radius 2 is 1.10 bits per heavy atom. The number of anilines is 2. The molecular formula is C19H22N8O2. The van der Waals surface area contributed by atoms with Crippen LogP contribution in [0.4, 0.5) is 11.4 Å². The fourth-order valence-electron chi connectivity index (χ4n) is 2.55. The summed E-state index contributed by atoms with van der Waals surface area (Å²) in [5, 5.41) is 20.1. The number of carbonyl (C=O) groups excluding carboxylic acids is 2. The van der Waals surface area contributed by atoms with Crippen LogP contribution in [0.1, 0.15) is 13.8 Å². The second-order valence-electron chi connectivity index (χ2n) is 5.86. The first-order chi connectivity index (χ1) is 13.7. The monoisotopic (exact) mass is 394 g/mol. The molecule has 29 heavy (non-hydrogen) atoms. The SMILES string of the molecule is CC(=O)N(C(=NN(C(=N)N)C(=N)N)N(C(C)=O)c1ccccc1)c1ccccc1. The number of hydrogen-bond acceptors (Lipinski definition) is 5. The minimum atomic E-state index is -0.650. The molecule has 2 amide bonds. The van der Waals surface area contributed by atoms with Crippen LogP contribution >= 0.6 is 0 Å². The molecule has 0 spiro atoms. The largest absolute Gasteiger partial charge is 0.368 e. The lowest BCUT2D eigenvalue weighted by molar-refractivity contribution is -0.115. The molecule has 2 rings (SSSR count). The van der Waals surface area contributed by atoms with Gasteiger partial charge in [-0.1, -0.05) is 36.4 Å². The first-order valence-corrected chi connectivity index (χ1v) is 8.52. The van der Waals surface area contributed by atoms with Crippen LogP contribution < -0.4 is 21.3 Å². The molecule has 2 aromatic carbocycles. The summed E-state index contributed by atoms with van der Waals surface area (Å²) in [7, 11) is 0. The van der Waals surface area contributed by atoms with Crippen LogP contribution in [0.25, 0.3) is 0 Å². The van der Waals surface area contributed by atoms with Crippen molar-refractivity contribution >= 4 is 41.1 Å². The van der Waals surface area contributed by atoms with Gasteiger partial charge in [0.2, 0.25) is 29.7 Å². The lowest BCUT2D eigenvalue weighted by atomic mass is 10.2. The molecule has 150 valence electrons. The van der Waals surface area contributed by atoms with Crippen LogP contribution in [0.15, 0.2) is 65.8 Å². The highest BCUT2D eigenvalue weighted by Crippen LogP contribution is 2.22. The number of carbonyl (C=O) groups is 2. The Morgan fingerprint density at radius 1 is 0.759 bits per heavy atom. The standard InChI is InChI=1S/C19H22N8O2/c1-13(28)25(15-9-5-3-6-10-15)19(24-27(17(20)21)18(22)23)26(14(2)29)16-11-7-4-8-12-16/h3-12H,1-2H3,(H3,20,21)(H3,22,23). The van der Waals surface area contributed by atoms with Gasteiger partial charge in [0.25, 0.3) is 0 Å². The van der Waals surface area contributed by atoms with E-state index in [0.29, 0.717) is 16.4 Å². The molecule has 0 aliphatic heterocycles. The van der Waals surface area contributed by atoms with Gasteiger partial charge in [-0.2, -0.15) is 5.01 Å². The number of benzene rings is 2. The molecule has 6 N–H and O–H groups in total. The van der Waals surface area contributed by atoms with E-state index < -0.39 is 23.7 Å². The van der Waals surface area contributed by atoms with Crippen LogP contribution in [-0.2, 0) is 9.59 Å². The summed E-state index contributed by atoms with van der Waals surface area (Å²) in [5.41, 5.74) is 11.8. The number of rotatable bonds is 3. The molecule has 0 aliphatic carbocycles. The molecule has 0 saturated heterocycles. The van der Waals surface area contributed by atoms with Crippen LogP contribution in [-0.4, -0.2) is 34.7 Å². The zero-order valence-corrected chi connectivity index (χ0v) is 16.0. The fraction of sp³-hybridized carbons (Fsp3) is 0.105. The second kappa shape index (κ2) is 9.13. The minimum Gasteiger partial charge on any atom is -0.368 e. The fourth-order valence-corrected chi connectivity index (χ4v) is 2.55. The van der Waals surface area contributed by atoms with E-state index in [1.54, 1.807) is 60.7 Å². The normalized spacial score (nSPS) is 9.86. The van der Waals surface area contributed by atoms with Crippen molar-refractivity contribution in [2.45, 2.75) is 13.8 Å². The van der Waals surface area contributed by atoms with Crippen molar-refractivity contribution in [2.24, 2.45) is 16.6 Å². The van der Waals surface area contributed by atoms with Gasteiger partial charge >= 0.3 is 0 Å². The molecule has 2 aromatic rings. The van der Waals surface area contributed by atoms with E-state index in [-0.39, 0.29) is 5.96 Å². The number of guanidine groups is 3. The summed E-state index contributed by atoms with van der Waals surface area (Å²) in [5.74, 6) is -2.40. The van der Waals surface area contributed by atoms with Crippen molar-refractivity contribution in [1.82, 2.24) is 5.01 Å². The maximum absolute atomic E-state index is 12.6. The zero-order chi connectivity index (χ0) is 21.6. The van der Waals surface area contributed by atoms with E-state index in [9.17, 15) is 9.59 Å². The van der Waals surface area contributed by atoms with Gasteiger partial charge in [0, 0.05) is 13.8 Å². The molecule has 0 aromatic heterocycles. The average molecular weight is 394 g/mol. The van der Waals surface area contributed by atoms with Crippen molar-refractivity contribution in [3.63, 3.8) is 0 Å². The van der Waals surface area contributed by atoms with Crippen LogP contribution in [0.2, 0.25) is 0 Å². The zero-order valence-electron chi connectivity index (χ0n) is 16.0. The molecule has 10 heteroatoms. The number of nitrogens with zero attached hydrogens (tertiary/aromatic N) is 4. The smallest absolute Gasteiger partial charge is 0.242 e. The second-order valence-corrected chi connectivity index (χ2v) is 5.86. The summed E-state index contributed by atoms with van der Waals surface area (Å²) in [6.07, 6.45) is 0. The van der Waals surface area contributed by atoms with E-state index in [1.165, 1.54) is 23.6 Å². The lowest BCUT2D eigenvalue weighted by Gasteiger charge is -2.31. The van der Waals surface area contributed by atoms with Crippen LogP contribution in [0, 0.1) is 10.8 Å². The Bertz CT molecular complexity index is 870. The quantitative estimate of drug-likeness (QED) is 0.352. The highest BCUT2D eigenvalue weighted by molar-refractivity contribution is 6.28. The van der Waals surface area contributed by atoms with E-state index in [0.717, 1.165) is 0 Å². The third kappa shape index (κ3) is 4.95. The van der Waals surface area contributed by atoms with Gasteiger partial charge in [-0.25, -0.2) is 9.80 Å². The highest BCUT2D eigenvalue weighted by Gasteiger charge is 2.30. The van der Waals surface area contributed by atoms with Gasteiger partial charge in [0.05, 0.1) is 11.4 Å². The van der Waals surface area contributed by atoms with Crippen molar-refractivity contribution in [2.75, 3.05) is 9.80 Å². The predicted molar refractivity (Wildman–Crippen MR) is 112 cm³/mol. The number of nitrogens with two attached hydrogens (primary N) is 2. The van der Waals surface area contributed by atoms with Gasteiger partial charge in [-0.15, -0.1) is 5.10 Å². The number of amides is 2. The van der Waals surface area contributed by atoms with Crippen molar-refractivity contribution < 1.29 is 9.59 Å². The molecule has 0 saturated carbocycles. The van der Waals surface area contributed by atoms with E-state index in [2.05, 4.69) is 5.10 Å². The Kier molecular flexibility index (Phi) is 6.64. The van der Waals surface area contributed by atoms with E-state index in [4.69, 9.17) is 22.3 Å². The first kappa shape index (κ1) is 21.1. The summed E-state index contributed by atoms with van der Waals surface area (Å²) in [4.78, 5) is 27.5. The first-order valence-electron chi connectivity index (χ1n) is 8.52. The van der Waals surface area contributed by atoms with Gasteiger partial charge in [-0.05, 0) is 24.3 Å². The van der Waals surface area contributed by atoms with Crippen LogP contribution in [0.3, 0.4) is 0 Å². The maximum Gasteiger partial charge on any atom is 0.242 e. The maximum atomic E-state index is 12.6. The Balaban J connectivity index is 2.79. The molecule has 0 radical (unpaired) electrons. The van der Waals surface area contributed by atoms with Crippen molar-refractivity contribution in [3.05, 3.63) is 60.7 Å². The number of nitrogens with one attached hydrogen (secondary N) is 2. The Hall–Kier alpha value is -4.21. The van der Waals surface area contributed by atoms with Gasteiger partial charge < -0.3 is 11.5 Å². The number of hydrogen-bond donors (Lipinski definition) is 4. The summed E-state index contributed by atoms with van der Waals surface area (Å²) < 4.78 is 0. The Labute approximate surface area is 168 Å². The molecule has 10 nitrogen and oxygen atoms in total. The molecule has 0 fully saturated rings. The van der Waals surface area contributed by atoms with Gasteiger partial charge in [-0.3, -0.25) is 20.4 Å². The van der Waals surface area contributed by atoms with Crippen molar-refractivity contribution in [3.8, 4) is 0 Å². The third-order valence-electron chi connectivity index (χ3n) is 3.70. The van der Waals surface area contributed by atoms with Gasteiger partial charge in [0.1, 0.15) is 0 Å². The molecular weight excluding hydrogens is 372 g/mol. The number of hydrazone groups is 1. The van der Waals surface area contributed by atoms with E-state index >= 15 is 0 Å². The predicted octanol–water partition coefficient (Wildman–Crippen LogP) is 1.45. The summed E-state index contributed by atoms with van der Waals surface area (Å²) in [6.45, 7) is 2.61. The number of para-hydroxylation sites is 2. The molecule has 0 unspecified atom stereocenters. The Morgan fingerprint density at radius 3 is 1.38 bits per heavy atom. The lowest BCUT2D eigenvalue weighted by Crippen LogP contribution is -2.52. The minimum absolute atomic E-state index is 0.187. The summed E-state index contributed by atoms with van der Waals surface area (Å²) >= 11 is 0. The van der Waals surface area contributed by atoms with Crippen LogP contribution in [0.5, 0.6) is 0 Å². The van der Waals surface area contributed by atoms with Crippen molar-refractivity contribution in [1.29, 1.82) is 10.8 Å². The van der Waals surface area contributed by atoms with Gasteiger partial charge in [0.15, 0.2) is 0 Å². The average Bonchev–Trinajstić information content (AvgIpc) is 2.66.